The van der Waals surface area contributed by atoms with Gasteiger partial charge in [-0.2, -0.15) is 11.8 Å². The number of nitrogens with one attached hydrogen (secondary N) is 2. The van der Waals surface area contributed by atoms with E-state index in [1.807, 2.05) is 40.3 Å². The number of rotatable bonds is 15. The van der Waals surface area contributed by atoms with Gasteiger partial charge in [0.25, 0.3) is 0 Å². The van der Waals surface area contributed by atoms with Crippen molar-refractivity contribution in [1.29, 1.82) is 0 Å². The van der Waals surface area contributed by atoms with E-state index in [1.54, 1.807) is 45.2 Å². The van der Waals surface area contributed by atoms with Gasteiger partial charge in [-0.1, -0.05) is 18.2 Å². The quantitative estimate of drug-likeness (QED) is 0.313. The summed E-state index contributed by atoms with van der Waals surface area (Å²) in [6.07, 6.45) is 8.57. The summed E-state index contributed by atoms with van der Waals surface area (Å²) in [4.78, 5) is 50.4. The second-order valence-corrected chi connectivity index (χ2v) is 11.3. The number of aromatic nitrogens is 2. The highest BCUT2D eigenvalue weighted by Crippen LogP contribution is 2.23. The van der Waals surface area contributed by atoms with E-state index in [9.17, 15) is 14.4 Å². The molecule has 2 atom stereocenters. The van der Waals surface area contributed by atoms with E-state index in [1.165, 1.54) is 0 Å². The van der Waals surface area contributed by atoms with E-state index in [0.717, 1.165) is 36.3 Å². The van der Waals surface area contributed by atoms with Crippen LogP contribution in [0.3, 0.4) is 0 Å². The molecule has 3 rings (SSSR count). The van der Waals surface area contributed by atoms with Gasteiger partial charge in [0.05, 0.1) is 38.2 Å². The molecule has 1 aliphatic heterocycles. The number of carbonyl (C=O) groups excluding carboxylic acids is 3. The minimum absolute atomic E-state index is 0.0343. The Balaban J connectivity index is 1.76. The van der Waals surface area contributed by atoms with Crippen LogP contribution >= 0.6 is 11.8 Å². The summed E-state index contributed by atoms with van der Waals surface area (Å²) in [5.74, 6) is 0.814. The lowest BCUT2D eigenvalue weighted by atomic mass is 10.00. The van der Waals surface area contributed by atoms with Crippen LogP contribution in [0.15, 0.2) is 36.8 Å². The maximum absolute atomic E-state index is 13.3. The number of hydrogen-bond donors (Lipinski definition) is 2. The maximum Gasteiger partial charge on any atom is 0.328 e. The van der Waals surface area contributed by atoms with Crippen molar-refractivity contribution in [2.45, 2.75) is 70.7 Å². The molecule has 2 heterocycles. The number of nitrogens with zero attached hydrogens (tertiary/aromatic N) is 3. The van der Waals surface area contributed by atoms with E-state index < -0.39 is 12.0 Å². The molecule has 2 N–H and O–H groups in total. The summed E-state index contributed by atoms with van der Waals surface area (Å²) in [6.45, 7) is 5.32. The van der Waals surface area contributed by atoms with Crippen molar-refractivity contribution in [3.63, 3.8) is 0 Å². The summed E-state index contributed by atoms with van der Waals surface area (Å²) >= 11 is 1.61. The van der Waals surface area contributed by atoms with Crippen LogP contribution in [0.25, 0.3) is 0 Å². The number of aromatic amines is 1. The van der Waals surface area contributed by atoms with Crippen molar-refractivity contribution < 1.29 is 23.9 Å². The maximum atomic E-state index is 13.3. The van der Waals surface area contributed by atoms with E-state index >= 15 is 0 Å². The topological polar surface area (TPSA) is 117 Å². The molecule has 1 unspecified atom stereocenters. The smallest absolute Gasteiger partial charge is 0.328 e. The van der Waals surface area contributed by atoms with E-state index in [-0.39, 0.29) is 36.9 Å². The second-order valence-electron chi connectivity index (χ2n) is 10.3. The Morgan fingerprint density at radius 1 is 1.25 bits per heavy atom. The Morgan fingerprint density at radius 2 is 2.05 bits per heavy atom. The number of methoxy groups -OCH3 is 1. The van der Waals surface area contributed by atoms with Crippen molar-refractivity contribution >= 4 is 29.5 Å². The molecule has 10 nitrogen and oxygen atoms in total. The highest BCUT2D eigenvalue weighted by molar-refractivity contribution is 7.98. The zero-order valence-electron chi connectivity index (χ0n) is 24.1. The highest BCUT2D eigenvalue weighted by Gasteiger charge is 2.30. The molecule has 1 aliphatic rings. The number of likely N-dealkylation sites (tertiary alicyclic amines) is 1. The highest BCUT2D eigenvalue weighted by atomic mass is 32.2. The van der Waals surface area contributed by atoms with Gasteiger partial charge in [-0.15, -0.1) is 0 Å². The number of hydrogen-bond acceptors (Lipinski definition) is 8. The van der Waals surface area contributed by atoms with Crippen LogP contribution in [-0.2, 0) is 32.1 Å². The lowest BCUT2D eigenvalue weighted by Gasteiger charge is -2.39. The predicted molar refractivity (Wildman–Crippen MR) is 156 cm³/mol. The van der Waals surface area contributed by atoms with Gasteiger partial charge in [0.2, 0.25) is 11.8 Å². The third-order valence-electron chi connectivity index (χ3n) is 6.84. The molecule has 40 heavy (non-hydrogen) atoms. The molecule has 2 amide bonds. The summed E-state index contributed by atoms with van der Waals surface area (Å²) in [6, 6.07) is 6.97. The van der Waals surface area contributed by atoms with Crippen LogP contribution in [0.4, 0.5) is 0 Å². The lowest BCUT2D eigenvalue weighted by Crippen LogP contribution is -2.52. The molecule has 0 radical (unpaired) electrons. The standard InChI is InChI=1S/C29H43N5O5S/c1-21(2)39-29(37)25(12-14-40-4)32-27(35)19-33(17-22-9-5-6-11-26(22)38-3)18-24-10-7-8-13-34(24)28(36)15-23-16-30-20-31-23/h5-6,9,11,16,20-21,24-25H,7-8,10,12-15,17-19H2,1-4H3,(H,30,31)(H,32,35)/t24-,25?/m0/s1. The van der Waals surface area contributed by atoms with Gasteiger partial charge in [0.15, 0.2) is 0 Å². The Morgan fingerprint density at radius 3 is 2.75 bits per heavy atom. The third-order valence-corrected chi connectivity index (χ3v) is 7.48. The lowest BCUT2D eigenvalue weighted by molar-refractivity contribution is -0.151. The number of esters is 1. The van der Waals surface area contributed by atoms with Crippen molar-refractivity contribution in [3.05, 3.63) is 48.0 Å². The van der Waals surface area contributed by atoms with E-state index in [4.69, 9.17) is 9.47 Å². The predicted octanol–water partition coefficient (Wildman–Crippen LogP) is 3.03. The van der Waals surface area contributed by atoms with Gasteiger partial charge < -0.3 is 24.7 Å². The van der Waals surface area contributed by atoms with Crippen LogP contribution in [0, 0.1) is 0 Å². The Bertz CT molecular complexity index is 1080. The average molecular weight is 574 g/mol. The number of para-hydroxylation sites is 1. The summed E-state index contributed by atoms with van der Waals surface area (Å²) in [5.41, 5.74) is 1.66. The van der Waals surface area contributed by atoms with Crippen LogP contribution < -0.4 is 10.1 Å². The number of imidazole rings is 1. The van der Waals surface area contributed by atoms with Gasteiger partial charge in [-0.05, 0) is 57.6 Å². The van der Waals surface area contributed by atoms with Crippen LogP contribution in [0.5, 0.6) is 5.75 Å². The minimum Gasteiger partial charge on any atom is -0.496 e. The SMILES string of the molecule is COc1ccccc1CN(CC(=O)NC(CCSC)C(=O)OC(C)C)C[C@@H]1CCCCN1C(=O)Cc1c[nH]cn1. The molecule has 0 saturated carbocycles. The molecule has 1 aromatic carbocycles. The average Bonchev–Trinajstić information content (AvgIpc) is 3.44. The molecule has 220 valence electrons. The first-order valence-electron chi connectivity index (χ1n) is 13.9. The van der Waals surface area contributed by atoms with Gasteiger partial charge >= 0.3 is 5.97 Å². The second kappa shape index (κ2) is 16.3. The normalized spacial score (nSPS) is 16.1. The first-order chi connectivity index (χ1) is 19.3. The Labute approximate surface area is 241 Å². The summed E-state index contributed by atoms with van der Waals surface area (Å²) < 4.78 is 11.0. The Kier molecular flexibility index (Phi) is 12.8. The molecule has 1 aromatic heterocycles. The fraction of sp³-hybridized carbons (Fsp3) is 0.586. The molecule has 11 heteroatoms. The number of H-pyrrole nitrogens is 1. The number of carbonyl (C=O) groups is 3. The van der Waals surface area contributed by atoms with Crippen molar-refractivity contribution in [3.8, 4) is 5.75 Å². The monoisotopic (exact) mass is 573 g/mol. The van der Waals surface area contributed by atoms with Crippen molar-refractivity contribution in [2.24, 2.45) is 0 Å². The fourth-order valence-electron chi connectivity index (χ4n) is 4.96. The fourth-order valence-corrected chi connectivity index (χ4v) is 5.43. The molecule has 0 aliphatic carbocycles. The number of amides is 2. The van der Waals surface area contributed by atoms with Crippen LogP contribution in [0.1, 0.15) is 50.8 Å². The van der Waals surface area contributed by atoms with Gasteiger partial charge in [-0.25, -0.2) is 9.78 Å². The summed E-state index contributed by atoms with van der Waals surface area (Å²) in [7, 11) is 1.63. The number of ether oxygens (including phenoxy) is 2. The van der Waals surface area contributed by atoms with Crippen molar-refractivity contribution in [2.75, 3.05) is 38.8 Å². The zero-order valence-corrected chi connectivity index (χ0v) is 24.9. The largest absolute Gasteiger partial charge is 0.496 e. The molecular weight excluding hydrogens is 530 g/mol. The summed E-state index contributed by atoms with van der Waals surface area (Å²) in [5, 5.41) is 2.91. The number of piperidine rings is 1. The number of benzene rings is 1. The van der Waals surface area contributed by atoms with Crippen molar-refractivity contribution in [1.82, 2.24) is 25.1 Å². The minimum atomic E-state index is -0.711. The molecule has 1 saturated heterocycles. The van der Waals surface area contributed by atoms with E-state index in [2.05, 4.69) is 15.3 Å². The molecule has 0 spiro atoms. The van der Waals surface area contributed by atoms with Gasteiger partial charge in [-0.3, -0.25) is 14.5 Å². The first kappa shape index (κ1) is 31.5. The van der Waals surface area contributed by atoms with Crippen LogP contribution in [-0.4, -0.2) is 94.5 Å². The third kappa shape index (κ3) is 9.85. The molecule has 2 aromatic rings. The first-order valence-corrected chi connectivity index (χ1v) is 15.3. The molecule has 1 fully saturated rings. The van der Waals surface area contributed by atoms with E-state index in [0.29, 0.717) is 31.7 Å². The van der Waals surface area contributed by atoms with Gasteiger partial charge in [0.1, 0.15) is 11.8 Å². The zero-order chi connectivity index (χ0) is 28.9. The van der Waals surface area contributed by atoms with Crippen LogP contribution in [0.2, 0.25) is 0 Å². The molecule has 0 bridgehead atoms. The Hall–Kier alpha value is -3.05. The van der Waals surface area contributed by atoms with Gasteiger partial charge in [0, 0.05) is 37.4 Å². The molecular formula is C29H43N5O5S. The number of thioether (sulfide) groups is 1.